The molecule has 1 rings (SSSR count). The van der Waals surface area contributed by atoms with Gasteiger partial charge in [-0.3, -0.25) is 0 Å². The van der Waals surface area contributed by atoms with Crippen LogP contribution in [0.5, 0.6) is 5.75 Å². The van der Waals surface area contributed by atoms with E-state index in [1.807, 2.05) is 18.2 Å². The van der Waals surface area contributed by atoms with E-state index in [-0.39, 0.29) is 0 Å². The van der Waals surface area contributed by atoms with Gasteiger partial charge >= 0.3 is 0 Å². The standard InChI is InChI=1S/C10H12Br2O2/c1-13-5-6-14-10-8(7-11)3-2-4-9(10)12/h2-4H,5-7H2,1H3. The Morgan fingerprint density at radius 3 is 2.71 bits per heavy atom. The van der Waals surface area contributed by atoms with Crippen molar-refractivity contribution in [3.63, 3.8) is 0 Å². The van der Waals surface area contributed by atoms with Gasteiger partial charge in [0.15, 0.2) is 0 Å². The van der Waals surface area contributed by atoms with E-state index in [9.17, 15) is 0 Å². The van der Waals surface area contributed by atoms with Crippen molar-refractivity contribution in [2.45, 2.75) is 5.33 Å². The molecular weight excluding hydrogens is 312 g/mol. The third-order valence-corrected chi connectivity index (χ3v) is 2.95. The van der Waals surface area contributed by atoms with E-state index < -0.39 is 0 Å². The molecule has 0 saturated heterocycles. The highest BCUT2D eigenvalue weighted by molar-refractivity contribution is 9.10. The zero-order chi connectivity index (χ0) is 10.4. The van der Waals surface area contributed by atoms with Crippen LogP contribution in [0.3, 0.4) is 0 Å². The fourth-order valence-corrected chi connectivity index (χ4v) is 2.01. The van der Waals surface area contributed by atoms with E-state index in [0.717, 1.165) is 21.1 Å². The van der Waals surface area contributed by atoms with Gasteiger partial charge in [-0.05, 0) is 22.0 Å². The van der Waals surface area contributed by atoms with Crippen LogP contribution in [0.4, 0.5) is 0 Å². The van der Waals surface area contributed by atoms with Crippen LogP contribution in [0, 0.1) is 0 Å². The second kappa shape index (κ2) is 6.43. The van der Waals surface area contributed by atoms with E-state index in [2.05, 4.69) is 31.9 Å². The van der Waals surface area contributed by atoms with Crippen molar-refractivity contribution in [2.75, 3.05) is 20.3 Å². The molecule has 4 heteroatoms. The maximum atomic E-state index is 5.60. The first kappa shape index (κ1) is 12.0. The Bertz CT molecular complexity index is 289. The maximum absolute atomic E-state index is 5.60. The molecule has 14 heavy (non-hydrogen) atoms. The molecule has 0 aliphatic heterocycles. The molecule has 0 amide bonds. The summed E-state index contributed by atoms with van der Waals surface area (Å²) >= 11 is 6.87. The van der Waals surface area contributed by atoms with Crippen molar-refractivity contribution < 1.29 is 9.47 Å². The fraction of sp³-hybridized carbons (Fsp3) is 0.400. The number of alkyl halides is 1. The molecule has 0 atom stereocenters. The monoisotopic (exact) mass is 322 g/mol. The first-order valence-corrected chi connectivity index (χ1v) is 6.16. The summed E-state index contributed by atoms with van der Waals surface area (Å²) in [6.45, 7) is 1.17. The number of benzene rings is 1. The van der Waals surface area contributed by atoms with E-state index in [0.29, 0.717) is 13.2 Å². The number of rotatable bonds is 5. The van der Waals surface area contributed by atoms with Gasteiger partial charge in [0.25, 0.3) is 0 Å². The molecule has 0 heterocycles. The average Bonchev–Trinajstić information content (AvgIpc) is 2.20. The van der Waals surface area contributed by atoms with Gasteiger partial charge in [0.05, 0.1) is 11.1 Å². The topological polar surface area (TPSA) is 18.5 Å². The summed E-state index contributed by atoms with van der Waals surface area (Å²) in [5.74, 6) is 0.890. The third kappa shape index (κ3) is 3.26. The second-order valence-corrected chi connectivity index (χ2v) is 4.12. The average molecular weight is 324 g/mol. The van der Waals surface area contributed by atoms with Gasteiger partial charge in [-0.15, -0.1) is 0 Å². The van der Waals surface area contributed by atoms with Crippen molar-refractivity contribution in [3.8, 4) is 5.75 Å². The van der Waals surface area contributed by atoms with Crippen LogP contribution in [-0.2, 0) is 10.1 Å². The Morgan fingerprint density at radius 1 is 1.29 bits per heavy atom. The molecule has 78 valence electrons. The Kier molecular flexibility index (Phi) is 5.52. The number of methoxy groups -OCH3 is 1. The van der Waals surface area contributed by atoms with E-state index in [4.69, 9.17) is 9.47 Å². The number of hydrogen-bond donors (Lipinski definition) is 0. The molecule has 1 aromatic rings. The van der Waals surface area contributed by atoms with Crippen LogP contribution >= 0.6 is 31.9 Å². The number of hydrogen-bond acceptors (Lipinski definition) is 2. The Balaban J connectivity index is 2.72. The lowest BCUT2D eigenvalue weighted by molar-refractivity contribution is 0.145. The van der Waals surface area contributed by atoms with Crippen LogP contribution in [0.25, 0.3) is 0 Å². The maximum Gasteiger partial charge on any atom is 0.137 e. The van der Waals surface area contributed by atoms with Gasteiger partial charge in [0, 0.05) is 18.0 Å². The highest BCUT2D eigenvalue weighted by Gasteiger charge is 2.06. The van der Waals surface area contributed by atoms with Gasteiger partial charge in [0.1, 0.15) is 12.4 Å². The molecule has 0 aliphatic carbocycles. The molecule has 0 radical (unpaired) electrons. The summed E-state index contributed by atoms with van der Waals surface area (Å²) in [7, 11) is 1.66. The Hall–Kier alpha value is -0.0600. The molecule has 0 fully saturated rings. The van der Waals surface area contributed by atoms with E-state index in [1.54, 1.807) is 7.11 Å². The molecule has 0 N–H and O–H groups in total. The highest BCUT2D eigenvalue weighted by atomic mass is 79.9. The molecule has 0 unspecified atom stereocenters. The van der Waals surface area contributed by atoms with Crippen LogP contribution in [-0.4, -0.2) is 20.3 Å². The predicted molar refractivity (Wildman–Crippen MR) is 64.1 cm³/mol. The summed E-state index contributed by atoms with van der Waals surface area (Å²) in [6, 6.07) is 5.99. The summed E-state index contributed by atoms with van der Waals surface area (Å²) in [5, 5.41) is 0.786. The lowest BCUT2D eigenvalue weighted by atomic mass is 10.2. The normalized spacial score (nSPS) is 10.2. The smallest absolute Gasteiger partial charge is 0.137 e. The predicted octanol–water partition coefficient (Wildman–Crippen LogP) is 3.37. The van der Waals surface area contributed by atoms with Crippen LogP contribution in [0.2, 0.25) is 0 Å². The van der Waals surface area contributed by atoms with Crippen molar-refractivity contribution in [1.29, 1.82) is 0 Å². The first-order valence-electron chi connectivity index (χ1n) is 4.24. The molecule has 0 spiro atoms. The fourth-order valence-electron chi connectivity index (χ4n) is 1.05. The van der Waals surface area contributed by atoms with Crippen molar-refractivity contribution in [3.05, 3.63) is 28.2 Å². The first-order chi connectivity index (χ1) is 6.79. The highest BCUT2D eigenvalue weighted by Crippen LogP contribution is 2.30. The molecule has 1 aromatic carbocycles. The molecule has 2 nitrogen and oxygen atoms in total. The second-order valence-electron chi connectivity index (χ2n) is 2.70. The summed E-state index contributed by atoms with van der Waals surface area (Å²) in [4.78, 5) is 0. The molecular formula is C10H12Br2O2. The Labute approximate surface area is 101 Å². The summed E-state index contributed by atoms with van der Waals surface area (Å²) in [5.41, 5.74) is 1.13. The summed E-state index contributed by atoms with van der Waals surface area (Å²) in [6.07, 6.45) is 0. The summed E-state index contributed by atoms with van der Waals surface area (Å²) < 4.78 is 11.5. The molecule has 0 saturated carbocycles. The third-order valence-electron chi connectivity index (χ3n) is 1.73. The zero-order valence-electron chi connectivity index (χ0n) is 7.93. The SMILES string of the molecule is COCCOc1c(Br)cccc1CBr. The quantitative estimate of drug-likeness (QED) is 0.611. The minimum Gasteiger partial charge on any atom is -0.490 e. The zero-order valence-corrected chi connectivity index (χ0v) is 11.1. The Morgan fingerprint density at radius 2 is 2.07 bits per heavy atom. The minimum absolute atomic E-state index is 0.569. The largest absolute Gasteiger partial charge is 0.490 e. The van der Waals surface area contributed by atoms with E-state index in [1.165, 1.54) is 0 Å². The van der Waals surface area contributed by atoms with Gasteiger partial charge in [-0.2, -0.15) is 0 Å². The van der Waals surface area contributed by atoms with Crippen molar-refractivity contribution in [2.24, 2.45) is 0 Å². The van der Waals surface area contributed by atoms with Gasteiger partial charge in [-0.25, -0.2) is 0 Å². The van der Waals surface area contributed by atoms with Crippen LogP contribution < -0.4 is 4.74 Å². The van der Waals surface area contributed by atoms with Crippen molar-refractivity contribution >= 4 is 31.9 Å². The molecule has 0 bridgehead atoms. The van der Waals surface area contributed by atoms with E-state index >= 15 is 0 Å². The van der Waals surface area contributed by atoms with Gasteiger partial charge in [-0.1, -0.05) is 28.1 Å². The number of halogens is 2. The van der Waals surface area contributed by atoms with Crippen LogP contribution in [0.1, 0.15) is 5.56 Å². The number of para-hydroxylation sites is 1. The lowest BCUT2D eigenvalue weighted by Gasteiger charge is -2.11. The van der Waals surface area contributed by atoms with Gasteiger partial charge < -0.3 is 9.47 Å². The number of ether oxygens (including phenoxy) is 2. The van der Waals surface area contributed by atoms with Gasteiger partial charge in [0.2, 0.25) is 0 Å². The minimum atomic E-state index is 0.569. The van der Waals surface area contributed by atoms with Crippen LogP contribution in [0.15, 0.2) is 22.7 Å². The lowest BCUT2D eigenvalue weighted by Crippen LogP contribution is -2.06. The molecule has 0 aromatic heterocycles. The van der Waals surface area contributed by atoms with Crippen molar-refractivity contribution in [1.82, 2.24) is 0 Å². The molecule has 0 aliphatic rings.